The highest BCUT2D eigenvalue weighted by atomic mass is 15.1. The molecule has 0 aromatic heterocycles. The van der Waals surface area contributed by atoms with Crippen LogP contribution in [0.2, 0.25) is 0 Å². The maximum atomic E-state index is 5.84. The number of nitrogens with two attached hydrogens (primary N) is 1. The summed E-state index contributed by atoms with van der Waals surface area (Å²) in [4.78, 5) is 2.29. The Hall–Kier alpha value is -1.80. The summed E-state index contributed by atoms with van der Waals surface area (Å²) in [6.07, 6.45) is 1.05. The van der Waals surface area contributed by atoms with Gasteiger partial charge < -0.3 is 10.6 Å². The van der Waals surface area contributed by atoms with Gasteiger partial charge in [0.2, 0.25) is 0 Å². The fraction of sp³-hybridized carbons (Fsp3) is 0.294. The van der Waals surface area contributed by atoms with E-state index in [1.54, 1.807) is 0 Å². The molecule has 2 aromatic carbocycles. The number of likely N-dealkylation sites (N-methyl/N-ethyl adjacent to an activating group) is 1. The van der Waals surface area contributed by atoms with Gasteiger partial charge in [0.05, 0.1) is 0 Å². The molecule has 0 fully saturated rings. The number of aryl methyl sites for hydroxylation is 1. The summed E-state index contributed by atoms with van der Waals surface area (Å²) in [7, 11) is 2.13. The molecule has 0 heterocycles. The van der Waals surface area contributed by atoms with Crippen molar-refractivity contribution in [2.75, 3.05) is 18.5 Å². The lowest BCUT2D eigenvalue weighted by Crippen LogP contribution is -2.22. The van der Waals surface area contributed by atoms with Crippen LogP contribution < -0.4 is 10.6 Å². The Morgan fingerprint density at radius 3 is 2.47 bits per heavy atom. The molecule has 0 saturated carbocycles. The first-order valence-corrected chi connectivity index (χ1v) is 6.75. The summed E-state index contributed by atoms with van der Waals surface area (Å²) in [5, 5.41) is 0. The summed E-state index contributed by atoms with van der Waals surface area (Å²) in [5.41, 5.74) is 10.9. The molecule has 0 amide bonds. The van der Waals surface area contributed by atoms with E-state index in [1.807, 2.05) is 0 Å². The molecule has 0 aliphatic heterocycles. The van der Waals surface area contributed by atoms with E-state index in [9.17, 15) is 0 Å². The average molecular weight is 254 g/mol. The highest BCUT2D eigenvalue weighted by molar-refractivity contribution is 5.54. The molecule has 2 nitrogen and oxygen atoms in total. The van der Waals surface area contributed by atoms with Crippen molar-refractivity contribution >= 4 is 5.69 Å². The molecule has 0 bridgehead atoms. The van der Waals surface area contributed by atoms with E-state index < -0.39 is 0 Å². The Bertz CT molecular complexity index is 520. The molecular formula is C17H22N2. The van der Waals surface area contributed by atoms with Gasteiger partial charge in [-0.3, -0.25) is 0 Å². The number of anilines is 1. The van der Waals surface area contributed by atoms with Gasteiger partial charge in [-0.05, 0) is 30.5 Å². The molecule has 0 aliphatic rings. The maximum absolute atomic E-state index is 5.84. The van der Waals surface area contributed by atoms with Crippen molar-refractivity contribution in [1.82, 2.24) is 0 Å². The van der Waals surface area contributed by atoms with Crippen molar-refractivity contribution in [2.45, 2.75) is 19.9 Å². The zero-order valence-electron chi connectivity index (χ0n) is 11.8. The minimum atomic E-state index is 0.590. The molecule has 0 saturated heterocycles. The van der Waals surface area contributed by atoms with Gasteiger partial charge in [0.1, 0.15) is 0 Å². The van der Waals surface area contributed by atoms with E-state index in [-0.39, 0.29) is 0 Å². The predicted octanol–water partition coefficient (Wildman–Crippen LogP) is 3.13. The van der Waals surface area contributed by atoms with Crippen LogP contribution in [0.3, 0.4) is 0 Å². The maximum Gasteiger partial charge on any atom is 0.0409 e. The second kappa shape index (κ2) is 6.39. The van der Waals surface area contributed by atoms with Crippen molar-refractivity contribution in [2.24, 2.45) is 5.73 Å². The first-order valence-electron chi connectivity index (χ1n) is 6.75. The predicted molar refractivity (Wildman–Crippen MR) is 82.5 cm³/mol. The van der Waals surface area contributed by atoms with Crippen LogP contribution in [0, 0.1) is 6.92 Å². The van der Waals surface area contributed by atoms with Crippen LogP contribution in [0.15, 0.2) is 48.5 Å². The smallest absolute Gasteiger partial charge is 0.0409 e. The standard InChI is InChI=1S/C17H22N2/c1-14-8-9-17(16(12-14)13-18)19(2)11-10-15-6-4-3-5-7-15/h3-9,12H,10-11,13,18H2,1-2H3. The Morgan fingerprint density at radius 1 is 1.05 bits per heavy atom. The van der Waals surface area contributed by atoms with E-state index >= 15 is 0 Å². The third kappa shape index (κ3) is 3.58. The summed E-state index contributed by atoms with van der Waals surface area (Å²) in [5.74, 6) is 0. The van der Waals surface area contributed by atoms with E-state index in [1.165, 1.54) is 22.4 Å². The second-order valence-corrected chi connectivity index (χ2v) is 4.99. The van der Waals surface area contributed by atoms with Crippen LogP contribution in [0.1, 0.15) is 16.7 Å². The summed E-state index contributed by atoms with van der Waals surface area (Å²) in [6.45, 7) is 3.69. The SMILES string of the molecule is Cc1ccc(N(C)CCc2ccccc2)c(CN)c1. The molecular weight excluding hydrogens is 232 g/mol. The summed E-state index contributed by atoms with van der Waals surface area (Å²) in [6, 6.07) is 17.1. The Morgan fingerprint density at radius 2 is 1.79 bits per heavy atom. The molecule has 0 unspecified atom stereocenters. The zero-order chi connectivity index (χ0) is 13.7. The Labute approximate surface area is 115 Å². The molecule has 0 aliphatic carbocycles. The fourth-order valence-corrected chi connectivity index (χ4v) is 2.31. The van der Waals surface area contributed by atoms with Gasteiger partial charge in [-0.2, -0.15) is 0 Å². The third-order valence-corrected chi connectivity index (χ3v) is 3.44. The third-order valence-electron chi connectivity index (χ3n) is 3.44. The van der Waals surface area contributed by atoms with Crippen LogP contribution in [-0.4, -0.2) is 13.6 Å². The highest BCUT2D eigenvalue weighted by Gasteiger charge is 2.06. The van der Waals surface area contributed by atoms with Gasteiger partial charge in [0.15, 0.2) is 0 Å². The van der Waals surface area contributed by atoms with Crippen molar-refractivity contribution in [3.63, 3.8) is 0 Å². The quantitative estimate of drug-likeness (QED) is 0.888. The summed E-state index contributed by atoms with van der Waals surface area (Å²) < 4.78 is 0. The van der Waals surface area contributed by atoms with Gasteiger partial charge in [-0.25, -0.2) is 0 Å². The molecule has 2 rings (SSSR count). The fourth-order valence-electron chi connectivity index (χ4n) is 2.31. The lowest BCUT2D eigenvalue weighted by atomic mass is 10.1. The van der Waals surface area contributed by atoms with E-state index in [0.29, 0.717) is 6.54 Å². The number of benzene rings is 2. The largest absolute Gasteiger partial charge is 0.374 e. The molecule has 0 spiro atoms. The van der Waals surface area contributed by atoms with Crippen molar-refractivity contribution in [1.29, 1.82) is 0 Å². The average Bonchev–Trinajstić information content (AvgIpc) is 2.45. The number of rotatable bonds is 5. The topological polar surface area (TPSA) is 29.3 Å². The first-order chi connectivity index (χ1) is 9.20. The molecule has 2 aromatic rings. The highest BCUT2D eigenvalue weighted by Crippen LogP contribution is 2.20. The van der Waals surface area contributed by atoms with Gasteiger partial charge in [0, 0.05) is 25.8 Å². The second-order valence-electron chi connectivity index (χ2n) is 4.99. The van der Waals surface area contributed by atoms with Crippen molar-refractivity contribution in [3.8, 4) is 0 Å². The van der Waals surface area contributed by atoms with Crippen molar-refractivity contribution < 1.29 is 0 Å². The van der Waals surface area contributed by atoms with Gasteiger partial charge in [-0.15, -0.1) is 0 Å². The van der Waals surface area contributed by atoms with Gasteiger partial charge in [-0.1, -0.05) is 48.0 Å². The molecule has 100 valence electrons. The minimum absolute atomic E-state index is 0.590. The Balaban J connectivity index is 2.05. The lowest BCUT2D eigenvalue weighted by molar-refractivity contribution is 0.865. The number of hydrogen-bond donors (Lipinski definition) is 1. The van der Waals surface area contributed by atoms with E-state index in [4.69, 9.17) is 5.73 Å². The minimum Gasteiger partial charge on any atom is -0.374 e. The van der Waals surface area contributed by atoms with Crippen LogP contribution in [-0.2, 0) is 13.0 Å². The molecule has 2 heteroatoms. The van der Waals surface area contributed by atoms with Gasteiger partial charge in [0.25, 0.3) is 0 Å². The molecule has 0 atom stereocenters. The van der Waals surface area contributed by atoms with Crippen LogP contribution >= 0.6 is 0 Å². The molecule has 19 heavy (non-hydrogen) atoms. The summed E-state index contributed by atoms with van der Waals surface area (Å²) >= 11 is 0. The van der Waals surface area contributed by atoms with Crippen LogP contribution in [0.25, 0.3) is 0 Å². The monoisotopic (exact) mass is 254 g/mol. The number of nitrogens with zero attached hydrogens (tertiary/aromatic N) is 1. The number of hydrogen-bond acceptors (Lipinski definition) is 2. The van der Waals surface area contributed by atoms with E-state index in [0.717, 1.165) is 13.0 Å². The normalized spacial score (nSPS) is 10.5. The van der Waals surface area contributed by atoms with Crippen LogP contribution in [0.4, 0.5) is 5.69 Å². The zero-order valence-corrected chi connectivity index (χ0v) is 11.8. The molecule has 0 radical (unpaired) electrons. The van der Waals surface area contributed by atoms with Gasteiger partial charge >= 0.3 is 0 Å². The van der Waals surface area contributed by atoms with Crippen molar-refractivity contribution in [3.05, 3.63) is 65.2 Å². The first kappa shape index (κ1) is 13.6. The molecule has 2 N–H and O–H groups in total. The lowest BCUT2D eigenvalue weighted by Gasteiger charge is -2.22. The van der Waals surface area contributed by atoms with Crippen LogP contribution in [0.5, 0.6) is 0 Å². The van der Waals surface area contributed by atoms with E-state index in [2.05, 4.69) is 67.4 Å². The Kier molecular flexibility index (Phi) is 4.58.